The zero-order chi connectivity index (χ0) is 19.8. The minimum Gasteiger partial charge on any atom is -0.378 e. The van der Waals surface area contributed by atoms with Gasteiger partial charge in [-0.05, 0) is 42.0 Å². The van der Waals surface area contributed by atoms with Crippen molar-refractivity contribution < 1.29 is 0 Å². The number of anilines is 4. The Labute approximate surface area is 171 Å². The molecular weight excluding hydrogens is 362 g/mol. The molecule has 1 aliphatic heterocycles. The van der Waals surface area contributed by atoms with E-state index in [9.17, 15) is 0 Å². The third-order valence-electron chi connectivity index (χ3n) is 5.00. The smallest absolute Gasteiger partial charge is 0.0603 e. The minimum atomic E-state index is 0.985. The van der Waals surface area contributed by atoms with Gasteiger partial charge in [-0.2, -0.15) is 0 Å². The van der Waals surface area contributed by atoms with E-state index in [-0.39, 0.29) is 0 Å². The largest absolute Gasteiger partial charge is 0.378 e. The summed E-state index contributed by atoms with van der Waals surface area (Å²) in [6, 6.07) is 23.7. The number of hydrogen-bond donors (Lipinski definition) is 0. The Kier molecular flexibility index (Phi) is 4.82. The van der Waals surface area contributed by atoms with Crippen LogP contribution in [-0.2, 0) is 0 Å². The topological polar surface area (TPSA) is 9.72 Å². The standard InChI is InChI=1S/C24H25N3S/c1-17(18-9-7-6-8-10-18)27-21-13-11-19(25(2)3)15-23(21)28-24-16-20(26(4)5)12-14-22(24)27/h6-16H,1H2,2-5H3. The molecule has 1 aliphatic rings. The van der Waals surface area contributed by atoms with Gasteiger partial charge in [-0.15, -0.1) is 0 Å². The van der Waals surface area contributed by atoms with E-state index in [0.29, 0.717) is 0 Å². The molecule has 0 spiro atoms. The second-order valence-corrected chi connectivity index (χ2v) is 8.43. The van der Waals surface area contributed by atoms with E-state index < -0.39 is 0 Å². The van der Waals surface area contributed by atoms with Crippen LogP contribution in [0.2, 0.25) is 0 Å². The zero-order valence-corrected chi connectivity index (χ0v) is 17.6. The first-order chi connectivity index (χ1) is 13.5. The second-order valence-electron chi connectivity index (χ2n) is 7.34. The summed E-state index contributed by atoms with van der Waals surface area (Å²) in [5.74, 6) is 0. The summed E-state index contributed by atoms with van der Waals surface area (Å²) >= 11 is 1.83. The molecule has 0 atom stereocenters. The molecule has 28 heavy (non-hydrogen) atoms. The fourth-order valence-electron chi connectivity index (χ4n) is 3.39. The molecule has 0 fully saturated rings. The van der Waals surface area contributed by atoms with Gasteiger partial charge >= 0.3 is 0 Å². The lowest BCUT2D eigenvalue weighted by molar-refractivity contribution is 1.10. The SMILES string of the molecule is C=C(c1ccccc1)N1c2ccc(N(C)C)cc2Sc2cc(N(C)C)ccc21. The predicted octanol–water partition coefficient (Wildman–Crippen LogP) is 6.09. The highest BCUT2D eigenvalue weighted by molar-refractivity contribution is 7.99. The molecule has 3 aromatic rings. The number of nitrogens with zero attached hydrogens (tertiary/aromatic N) is 3. The quantitative estimate of drug-likeness (QED) is 0.535. The molecule has 1 heterocycles. The predicted molar refractivity (Wildman–Crippen MR) is 123 cm³/mol. The molecule has 0 amide bonds. The van der Waals surface area contributed by atoms with Crippen LogP contribution in [0.1, 0.15) is 5.56 Å². The van der Waals surface area contributed by atoms with E-state index in [1.165, 1.54) is 32.5 Å². The minimum absolute atomic E-state index is 0.985. The van der Waals surface area contributed by atoms with Crippen LogP contribution >= 0.6 is 11.8 Å². The Hall–Kier alpha value is -2.85. The number of fused-ring (bicyclic) bond motifs is 2. The monoisotopic (exact) mass is 387 g/mol. The van der Waals surface area contributed by atoms with E-state index in [1.54, 1.807) is 0 Å². The summed E-state index contributed by atoms with van der Waals surface area (Å²) in [7, 11) is 8.31. The van der Waals surface area contributed by atoms with Crippen LogP contribution in [0.15, 0.2) is 83.1 Å². The van der Waals surface area contributed by atoms with Gasteiger partial charge in [0.2, 0.25) is 0 Å². The second kappa shape index (κ2) is 7.28. The third-order valence-corrected chi connectivity index (χ3v) is 6.09. The lowest BCUT2D eigenvalue weighted by Crippen LogP contribution is -2.20. The molecular formula is C24H25N3S. The molecule has 0 bridgehead atoms. The van der Waals surface area contributed by atoms with Gasteiger partial charge in [-0.25, -0.2) is 0 Å². The summed E-state index contributed by atoms with van der Waals surface area (Å²) in [6.45, 7) is 4.46. The Balaban J connectivity index is 1.88. The van der Waals surface area contributed by atoms with Crippen molar-refractivity contribution in [2.24, 2.45) is 0 Å². The van der Waals surface area contributed by atoms with Crippen molar-refractivity contribution >= 4 is 40.2 Å². The van der Waals surface area contributed by atoms with Gasteiger partial charge in [0.15, 0.2) is 0 Å². The van der Waals surface area contributed by atoms with Crippen molar-refractivity contribution in [1.29, 1.82) is 0 Å². The average Bonchev–Trinajstić information content (AvgIpc) is 2.71. The van der Waals surface area contributed by atoms with Gasteiger partial charge in [0.05, 0.1) is 11.4 Å². The molecule has 0 aromatic heterocycles. The summed E-state index contributed by atoms with van der Waals surface area (Å²) < 4.78 is 0. The Morgan fingerprint density at radius 3 is 1.71 bits per heavy atom. The van der Waals surface area contributed by atoms with Crippen molar-refractivity contribution in [3.63, 3.8) is 0 Å². The number of hydrogen-bond acceptors (Lipinski definition) is 4. The van der Waals surface area contributed by atoms with Crippen molar-refractivity contribution in [1.82, 2.24) is 0 Å². The van der Waals surface area contributed by atoms with Crippen LogP contribution in [0.5, 0.6) is 0 Å². The van der Waals surface area contributed by atoms with Crippen molar-refractivity contribution in [3.05, 3.63) is 78.9 Å². The summed E-state index contributed by atoms with van der Waals surface area (Å²) in [5, 5.41) is 0. The van der Waals surface area contributed by atoms with Crippen molar-refractivity contribution in [2.45, 2.75) is 9.79 Å². The first kappa shape index (κ1) is 18.5. The fraction of sp³-hybridized carbons (Fsp3) is 0.167. The van der Waals surface area contributed by atoms with E-state index >= 15 is 0 Å². The van der Waals surface area contributed by atoms with Gasteiger partial charge in [0.1, 0.15) is 0 Å². The van der Waals surface area contributed by atoms with E-state index in [0.717, 1.165) is 11.3 Å². The molecule has 142 valence electrons. The Morgan fingerprint density at radius 1 is 0.750 bits per heavy atom. The molecule has 0 saturated heterocycles. The molecule has 0 saturated carbocycles. The molecule has 4 rings (SSSR count). The van der Waals surface area contributed by atoms with E-state index in [1.807, 2.05) is 17.8 Å². The highest BCUT2D eigenvalue weighted by atomic mass is 32.2. The van der Waals surface area contributed by atoms with E-state index in [4.69, 9.17) is 0 Å². The first-order valence-electron chi connectivity index (χ1n) is 9.31. The summed E-state index contributed by atoms with van der Waals surface area (Å²) in [6.07, 6.45) is 0. The molecule has 3 aromatic carbocycles. The maximum atomic E-state index is 4.46. The normalized spacial score (nSPS) is 12.2. The van der Waals surface area contributed by atoms with Crippen LogP contribution in [-0.4, -0.2) is 28.2 Å². The van der Waals surface area contributed by atoms with Crippen LogP contribution in [0.3, 0.4) is 0 Å². The van der Waals surface area contributed by atoms with Gasteiger partial charge in [-0.3, -0.25) is 0 Å². The highest BCUT2D eigenvalue weighted by Crippen LogP contribution is 2.52. The third kappa shape index (κ3) is 3.25. The van der Waals surface area contributed by atoms with Crippen molar-refractivity contribution in [2.75, 3.05) is 42.9 Å². The van der Waals surface area contributed by atoms with Crippen molar-refractivity contribution in [3.8, 4) is 0 Å². The van der Waals surface area contributed by atoms with Crippen LogP contribution in [0, 0.1) is 0 Å². The average molecular weight is 388 g/mol. The fourth-order valence-corrected chi connectivity index (χ4v) is 4.52. The Morgan fingerprint density at radius 2 is 1.25 bits per heavy atom. The van der Waals surface area contributed by atoms with Gasteiger partial charge in [0.25, 0.3) is 0 Å². The lowest BCUT2D eigenvalue weighted by atomic mass is 10.1. The lowest BCUT2D eigenvalue weighted by Gasteiger charge is -2.35. The maximum absolute atomic E-state index is 4.46. The Bertz CT molecular complexity index is 968. The van der Waals surface area contributed by atoms with Gasteiger partial charge < -0.3 is 14.7 Å². The summed E-state index contributed by atoms with van der Waals surface area (Å²) in [4.78, 5) is 9.06. The van der Waals surface area contributed by atoms with Crippen LogP contribution in [0.25, 0.3) is 5.70 Å². The van der Waals surface area contributed by atoms with E-state index in [2.05, 4.69) is 110 Å². The van der Waals surface area contributed by atoms with Crippen LogP contribution in [0.4, 0.5) is 22.7 Å². The molecule has 0 radical (unpaired) electrons. The molecule has 3 nitrogen and oxygen atoms in total. The zero-order valence-electron chi connectivity index (χ0n) is 16.8. The van der Waals surface area contributed by atoms with Gasteiger partial charge in [0, 0.05) is 55.1 Å². The summed E-state index contributed by atoms with van der Waals surface area (Å²) in [5.41, 5.74) is 6.86. The van der Waals surface area contributed by atoms with Gasteiger partial charge in [-0.1, -0.05) is 48.7 Å². The molecule has 4 heteroatoms. The first-order valence-corrected chi connectivity index (χ1v) is 10.1. The molecule has 0 aliphatic carbocycles. The molecule has 0 unspecified atom stereocenters. The molecule has 0 N–H and O–H groups in total. The highest BCUT2D eigenvalue weighted by Gasteiger charge is 2.27. The number of rotatable bonds is 4. The maximum Gasteiger partial charge on any atom is 0.0603 e. The van der Waals surface area contributed by atoms with Crippen LogP contribution < -0.4 is 14.7 Å². The number of benzene rings is 3.